The molecule has 0 radical (unpaired) electrons. The van der Waals surface area contributed by atoms with Crippen LogP contribution in [0.4, 0.5) is 8.78 Å². The number of nitrogens with zero attached hydrogens (tertiary/aromatic N) is 2. The monoisotopic (exact) mass is 364 g/mol. The van der Waals surface area contributed by atoms with Crippen molar-refractivity contribution in [1.82, 2.24) is 20.2 Å². The van der Waals surface area contributed by atoms with Crippen molar-refractivity contribution in [3.8, 4) is 0 Å². The summed E-state index contributed by atoms with van der Waals surface area (Å²) >= 11 is 1.29. The molecule has 0 bridgehead atoms. The average Bonchev–Trinajstić information content (AvgIpc) is 3.04. The molecule has 1 aliphatic rings. The molecule has 2 aromatic rings. The van der Waals surface area contributed by atoms with Crippen LogP contribution < -0.4 is 10.9 Å². The first-order chi connectivity index (χ1) is 10.4. The lowest BCUT2D eigenvalue weighted by molar-refractivity contribution is -0.133. The first-order valence-electron chi connectivity index (χ1n) is 6.68. The van der Waals surface area contributed by atoms with Gasteiger partial charge in [0.15, 0.2) is 0 Å². The van der Waals surface area contributed by atoms with Crippen LogP contribution in [0.3, 0.4) is 0 Å². The van der Waals surface area contributed by atoms with E-state index in [0.29, 0.717) is 16.0 Å². The Labute approximate surface area is 140 Å². The maximum absolute atomic E-state index is 13.1. The van der Waals surface area contributed by atoms with Gasteiger partial charge in [-0.3, -0.25) is 14.9 Å². The zero-order valence-corrected chi connectivity index (χ0v) is 13.8. The van der Waals surface area contributed by atoms with Crippen LogP contribution in [0.2, 0.25) is 0 Å². The normalized spacial score (nSPS) is 19.5. The van der Waals surface area contributed by atoms with Gasteiger partial charge in [0.1, 0.15) is 10.5 Å². The van der Waals surface area contributed by atoms with Crippen LogP contribution in [0, 0.1) is 0 Å². The molecule has 126 valence electrons. The molecule has 0 saturated carbocycles. The summed E-state index contributed by atoms with van der Waals surface area (Å²) in [6.07, 6.45) is -0.510. The van der Waals surface area contributed by atoms with Gasteiger partial charge >= 0.3 is 0 Å². The van der Waals surface area contributed by atoms with Gasteiger partial charge in [-0.2, -0.15) is 0 Å². The number of hydrogen-bond donors (Lipinski definition) is 2. The number of H-pyrrole nitrogens is 1. The molecule has 1 unspecified atom stereocenters. The molecular weight excluding hydrogens is 350 g/mol. The lowest BCUT2D eigenvalue weighted by atomic mass is 10.1. The van der Waals surface area contributed by atoms with Gasteiger partial charge in [0, 0.05) is 13.5 Å². The minimum absolute atomic E-state index is 0. The SMILES string of the molecule is CN(Cc1nc2ccsc2c(=O)[nH]1)C(=O)C1CC(F)(F)CN1.Cl. The first-order valence-corrected chi connectivity index (χ1v) is 7.56. The fourth-order valence-electron chi connectivity index (χ4n) is 2.46. The number of carbonyl (C=O) groups excluding carboxylic acids is 1. The average molecular weight is 365 g/mol. The Balaban J connectivity index is 0.00000192. The molecule has 1 fully saturated rings. The quantitative estimate of drug-likeness (QED) is 0.862. The van der Waals surface area contributed by atoms with Crippen molar-refractivity contribution in [3.05, 3.63) is 27.6 Å². The largest absolute Gasteiger partial charge is 0.337 e. The molecule has 0 aromatic carbocycles. The Hall–Kier alpha value is -1.58. The third kappa shape index (κ3) is 3.67. The molecule has 10 heteroatoms. The summed E-state index contributed by atoms with van der Waals surface area (Å²) < 4.78 is 26.8. The van der Waals surface area contributed by atoms with E-state index in [1.54, 1.807) is 11.4 Å². The lowest BCUT2D eigenvalue weighted by Crippen LogP contribution is -2.41. The topological polar surface area (TPSA) is 78.1 Å². The predicted molar refractivity (Wildman–Crippen MR) is 85.3 cm³/mol. The van der Waals surface area contributed by atoms with Gasteiger partial charge < -0.3 is 9.88 Å². The number of thiophene rings is 1. The van der Waals surface area contributed by atoms with E-state index in [4.69, 9.17) is 0 Å². The third-order valence-electron chi connectivity index (χ3n) is 3.54. The smallest absolute Gasteiger partial charge is 0.268 e. The Morgan fingerprint density at radius 1 is 1.57 bits per heavy atom. The highest BCUT2D eigenvalue weighted by Crippen LogP contribution is 2.26. The van der Waals surface area contributed by atoms with Crippen LogP contribution >= 0.6 is 23.7 Å². The Morgan fingerprint density at radius 2 is 2.30 bits per heavy atom. The number of amides is 1. The number of likely N-dealkylation sites (N-methyl/N-ethyl adjacent to an activating group) is 1. The van der Waals surface area contributed by atoms with Gasteiger partial charge in [0.2, 0.25) is 5.91 Å². The number of hydrogen-bond acceptors (Lipinski definition) is 5. The number of aromatic amines is 1. The second-order valence-corrected chi connectivity index (χ2v) is 6.25. The van der Waals surface area contributed by atoms with Crippen molar-refractivity contribution in [2.75, 3.05) is 13.6 Å². The molecule has 2 N–H and O–H groups in total. The number of aromatic nitrogens is 2. The third-order valence-corrected chi connectivity index (χ3v) is 4.44. The van der Waals surface area contributed by atoms with Crippen LogP contribution in [0.1, 0.15) is 12.2 Å². The maximum Gasteiger partial charge on any atom is 0.268 e. The summed E-state index contributed by atoms with van der Waals surface area (Å²) in [6, 6.07) is 0.816. The summed E-state index contributed by atoms with van der Waals surface area (Å²) in [7, 11) is 1.50. The highest BCUT2D eigenvalue weighted by molar-refractivity contribution is 7.17. The van der Waals surface area contributed by atoms with Gasteiger partial charge in [-0.1, -0.05) is 0 Å². The zero-order valence-electron chi connectivity index (χ0n) is 12.1. The molecule has 0 aliphatic carbocycles. The molecule has 23 heavy (non-hydrogen) atoms. The predicted octanol–water partition coefficient (Wildman–Crippen LogP) is 1.36. The fourth-order valence-corrected chi connectivity index (χ4v) is 3.18. The number of carbonyl (C=O) groups is 1. The van der Waals surface area contributed by atoms with Crippen molar-refractivity contribution in [3.63, 3.8) is 0 Å². The molecular formula is C13H15ClF2N4O2S. The standard InChI is InChI=1S/C13H14F2N4O2S.ClH/c1-19(12(21)8-4-13(14,15)6-16-8)5-9-17-7-2-3-22-10(7)11(20)18-9;/h2-3,8,16H,4-6H2,1H3,(H,17,18,20);1H. The summed E-state index contributed by atoms with van der Waals surface area (Å²) in [5.74, 6) is -2.97. The summed E-state index contributed by atoms with van der Waals surface area (Å²) in [6.45, 7) is -0.434. The molecule has 2 aromatic heterocycles. The van der Waals surface area contributed by atoms with E-state index in [1.165, 1.54) is 23.3 Å². The Bertz CT molecular complexity index is 779. The van der Waals surface area contributed by atoms with Crippen molar-refractivity contribution in [2.24, 2.45) is 0 Å². The van der Waals surface area contributed by atoms with Crippen LogP contribution in [-0.2, 0) is 11.3 Å². The summed E-state index contributed by atoms with van der Waals surface area (Å²) in [5, 5.41) is 4.28. The van der Waals surface area contributed by atoms with Gasteiger partial charge in [0.25, 0.3) is 11.5 Å². The summed E-state index contributed by atoms with van der Waals surface area (Å²) in [4.78, 5) is 32.2. The number of alkyl halides is 2. The number of nitrogens with one attached hydrogen (secondary N) is 2. The first kappa shape index (κ1) is 17.8. The minimum Gasteiger partial charge on any atom is -0.337 e. The highest BCUT2D eigenvalue weighted by atomic mass is 35.5. The van der Waals surface area contributed by atoms with Gasteiger partial charge in [-0.15, -0.1) is 23.7 Å². The van der Waals surface area contributed by atoms with E-state index < -0.39 is 30.8 Å². The van der Waals surface area contributed by atoms with Gasteiger partial charge in [0.05, 0.1) is 24.6 Å². The van der Waals surface area contributed by atoms with E-state index in [2.05, 4.69) is 15.3 Å². The summed E-state index contributed by atoms with van der Waals surface area (Å²) in [5.41, 5.74) is 0.302. The van der Waals surface area contributed by atoms with E-state index >= 15 is 0 Å². The van der Waals surface area contributed by atoms with E-state index in [-0.39, 0.29) is 24.5 Å². The lowest BCUT2D eigenvalue weighted by Gasteiger charge is -2.20. The number of rotatable bonds is 3. The van der Waals surface area contributed by atoms with Crippen molar-refractivity contribution in [1.29, 1.82) is 0 Å². The molecule has 6 nitrogen and oxygen atoms in total. The minimum atomic E-state index is -2.86. The van der Waals surface area contributed by atoms with Crippen LogP contribution in [0.15, 0.2) is 16.2 Å². The second-order valence-electron chi connectivity index (χ2n) is 5.34. The maximum atomic E-state index is 13.1. The van der Waals surface area contributed by atoms with Gasteiger partial charge in [-0.05, 0) is 11.4 Å². The van der Waals surface area contributed by atoms with Gasteiger partial charge in [-0.25, -0.2) is 13.8 Å². The number of halogens is 3. The van der Waals surface area contributed by atoms with Crippen LogP contribution in [0.5, 0.6) is 0 Å². The van der Waals surface area contributed by atoms with Crippen molar-refractivity contribution in [2.45, 2.75) is 24.9 Å². The van der Waals surface area contributed by atoms with Crippen molar-refractivity contribution < 1.29 is 13.6 Å². The zero-order chi connectivity index (χ0) is 15.9. The molecule has 0 spiro atoms. The van der Waals surface area contributed by atoms with E-state index in [1.807, 2.05) is 0 Å². The Morgan fingerprint density at radius 3 is 2.96 bits per heavy atom. The van der Waals surface area contributed by atoms with Crippen LogP contribution in [0.25, 0.3) is 10.2 Å². The molecule has 1 atom stereocenters. The van der Waals surface area contributed by atoms with E-state index in [0.717, 1.165) is 0 Å². The highest BCUT2D eigenvalue weighted by Gasteiger charge is 2.43. The molecule has 3 heterocycles. The second kappa shape index (κ2) is 6.50. The molecule has 3 rings (SSSR count). The Kier molecular flexibility index (Phi) is 5.02. The molecule has 1 saturated heterocycles. The van der Waals surface area contributed by atoms with Crippen molar-refractivity contribution >= 4 is 39.9 Å². The van der Waals surface area contributed by atoms with E-state index in [9.17, 15) is 18.4 Å². The molecule has 1 aliphatic heterocycles. The van der Waals surface area contributed by atoms with Crippen LogP contribution in [-0.4, -0.2) is 46.3 Å². The number of fused-ring (bicyclic) bond motifs is 1. The molecule has 1 amide bonds. The fraction of sp³-hybridized carbons (Fsp3) is 0.462.